The highest BCUT2D eigenvalue weighted by Gasteiger charge is 2.44. The summed E-state index contributed by atoms with van der Waals surface area (Å²) in [6.45, 7) is 4.67. The van der Waals surface area contributed by atoms with E-state index < -0.39 is 0 Å². The predicted molar refractivity (Wildman–Crippen MR) is 253 cm³/mol. The standard InChI is InChI=1S/C57H44N4/c1-57(2)47-29-28-40(35-16-5-3-6-17-35)32-46(47)53-55(57)58-54(43-25-15-27-49-52(43)42-24-13-14-26-48(42)60(49)41-22-7-4-8-23-41)56(59-53)61-50-33-38-20-11-9-18-36(38)30-44(50)45-31-37-19-10-12-21-39(37)34-51(45)61/h3-12,15-23,25,27-34,42,48H,13-14,24,26H2,1-2H3. The van der Waals surface area contributed by atoms with E-state index >= 15 is 0 Å². The second-order valence-corrected chi connectivity index (χ2v) is 18.0. The molecule has 1 saturated carbocycles. The quantitative estimate of drug-likeness (QED) is 0.178. The van der Waals surface area contributed by atoms with Gasteiger partial charge in [-0.15, -0.1) is 0 Å². The maximum atomic E-state index is 6.00. The van der Waals surface area contributed by atoms with Crippen LogP contribution in [0.3, 0.4) is 0 Å². The molecule has 1 fully saturated rings. The molecule has 292 valence electrons. The van der Waals surface area contributed by atoms with Crippen molar-refractivity contribution in [1.82, 2.24) is 14.5 Å². The Labute approximate surface area is 355 Å². The fourth-order valence-corrected chi connectivity index (χ4v) is 11.4. The van der Waals surface area contributed by atoms with Gasteiger partial charge >= 0.3 is 0 Å². The lowest BCUT2D eigenvalue weighted by Crippen LogP contribution is -2.32. The molecule has 0 amide bonds. The lowest BCUT2D eigenvalue weighted by atomic mass is 9.80. The fraction of sp³-hybridized carbons (Fsp3) is 0.158. The van der Waals surface area contributed by atoms with E-state index in [1.807, 2.05) is 0 Å². The number of anilines is 2. The summed E-state index contributed by atoms with van der Waals surface area (Å²) in [5, 5.41) is 7.33. The molecular weight excluding hydrogens is 741 g/mol. The molecule has 2 aliphatic carbocycles. The van der Waals surface area contributed by atoms with Crippen LogP contribution in [0.1, 0.15) is 62.3 Å². The number of hydrogen-bond acceptors (Lipinski definition) is 3. The van der Waals surface area contributed by atoms with Gasteiger partial charge in [0.1, 0.15) is 5.69 Å². The summed E-state index contributed by atoms with van der Waals surface area (Å²) in [6.07, 6.45) is 4.82. The van der Waals surface area contributed by atoms with Crippen LogP contribution in [-0.2, 0) is 5.41 Å². The molecule has 0 bridgehead atoms. The van der Waals surface area contributed by atoms with E-state index in [0.717, 1.165) is 40.4 Å². The van der Waals surface area contributed by atoms with Crippen molar-refractivity contribution in [3.05, 3.63) is 187 Å². The maximum absolute atomic E-state index is 6.00. The molecule has 4 nitrogen and oxygen atoms in total. The van der Waals surface area contributed by atoms with Gasteiger partial charge in [0, 0.05) is 50.6 Å². The van der Waals surface area contributed by atoms with Crippen LogP contribution < -0.4 is 4.90 Å². The number of hydrogen-bond donors (Lipinski definition) is 0. The van der Waals surface area contributed by atoms with Crippen LogP contribution in [0.25, 0.3) is 82.8 Å². The van der Waals surface area contributed by atoms with Gasteiger partial charge in [-0.25, -0.2) is 9.97 Å². The number of nitrogens with zero attached hydrogens (tertiary/aromatic N) is 4. The lowest BCUT2D eigenvalue weighted by molar-refractivity contribution is 0.402. The summed E-state index contributed by atoms with van der Waals surface area (Å²) in [5.74, 6) is 1.28. The minimum Gasteiger partial charge on any atom is -0.337 e. The highest BCUT2D eigenvalue weighted by molar-refractivity contribution is 6.17. The van der Waals surface area contributed by atoms with Gasteiger partial charge in [-0.2, -0.15) is 0 Å². The zero-order chi connectivity index (χ0) is 40.4. The smallest absolute Gasteiger partial charge is 0.165 e. The Morgan fingerprint density at radius 1 is 0.525 bits per heavy atom. The van der Waals surface area contributed by atoms with E-state index in [1.54, 1.807) is 0 Å². The zero-order valence-electron chi connectivity index (χ0n) is 34.4. The molecule has 1 aliphatic heterocycles. The van der Waals surface area contributed by atoms with E-state index in [2.05, 4.69) is 193 Å². The summed E-state index contributed by atoms with van der Waals surface area (Å²) in [4.78, 5) is 14.6. The Hall–Kier alpha value is -7.04. The van der Waals surface area contributed by atoms with Crippen LogP contribution in [0.2, 0.25) is 0 Å². The summed E-state index contributed by atoms with van der Waals surface area (Å²) in [5.41, 5.74) is 14.9. The largest absolute Gasteiger partial charge is 0.337 e. The van der Waals surface area contributed by atoms with E-state index in [4.69, 9.17) is 9.97 Å². The highest BCUT2D eigenvalue weighted by Crippen LogP contribution is 2.56. The number of aromatic nitrogens is 3. The zero-order valence-corrected chi connectivity index (χ0v) is 34.4. The topological polar surface area (TPSA) is 34.0 Å². The van der Waals surface area contributed by atoms with Crippen molar-refractivity contribution < 1.29 is 0 Å². The Morgan fingerprint density at radius 2 is 1.15 bits per heavy atom. The monoisotopic (exact) mass is 784 g/mol. The van der Waals surface area contributed by atoms with Crippen LogP contribution in [0, 0.1) is 0 Å². The van der Waals surface area contributed by atoms with Crippen molar-refractivity contribution in [2.24, 2.45) is 0 Å². The molecule has 0 spiro atoms. The van der Waals surface area contributed by atoms with E-state index in [-0.39, 0.29) is 5.41 Å². The van der Waals surface area contributed by atoms with Crippen LogP contribution in [0.5, 0.6) is 0 Å². The van der Waals surface area contributed by atoms with Crippen molar-refractivity contribution >= 4 is 54.7 Å². The molecular formula is C57H44N4. The Balaban J connectivity index is 1.16. The van der Waals surface area contributed by atoms with Gasteiger partial charge in [-0.1, -0.05) is 148 Å². The van der Waals surface area contributed by atoms with Crippen LogP contribution in [0.4, 0.5) is 11.4 Å². The third-order valence-corrected chi connectivity index (χ3v) is 14.3. The Morgan fingerprint density at radius 3 is 1.84 bits per heavy atom. The third-order valence-electron chi connectivity index (χ3n) is 14.3. The van der Waals surface area contributed by atoms with Gasteiger partial charge < -0.3 is 4.90 Å². The number of para-hydroxylation sites is 1. The number of rotatable bonds is 4. The van der Waals surface area contributed by atoms with Crippen molar-refractivity contribution in [3.63, 3.8) is 0 Å². The van der Waals surface area contributed by atoms with E-state index in [9.17, 15) is 0 Å². The SMILES string of the molecule is CC1(C)c2ccc(-c3ccccc3)cc2-c2nc(-n3c4cc5ccccc5cc4c4cc5ccccc5cc43)c(-c3cccc4c3C3CCCCC3N4c3ccccc3)nc21. The van der Waals surface area contributed by atoms with Crippen LogP contribution >= 0.6 is 0 Å². The van der Waals surface area contributed by atoms with Gasteiger partial charge in [0.25, 0.3) is 0 Å². The first-order valence-corrected chi connectivity index (χ1v) is 22.0. The van der Waals surface area contributed by atoms with Crippen LogP contribution in [-0.4, -0.2) is 20.6 Å². The predicted octanol–water partition coefficient (Wildman–Crippen LogP) is 14.7. The Bertz CT molecular complexity index is 3320. The molecule has 0 saturated heterocycles. The summed E-state index contributed by atoms with van der Waals surface area (Å²) < 4.78 is 2.46. The van der Waals surface area contributed by atoms with E-state index in [0.29, 0.717) is 12.0 Å². The van der Waals surface area contributed by atoms with Crippen molar-refractivity contribution in [3.8, 4) is 39.5 Å². The first-order valence-electron chi connectivity index (χ1n) is 22.0. The molecule has 2 atom stereocenters. The third kappa shape index (κ3) is 5.05. The molecule has 0 N–H and O–H groups in total. The molecule has 0 radical (unpaired) electrons. The normalized spacial score (nSPS) is 17.5. The molecule has 3 aliphatic rings. The average molecular weight is 785 g/mol. The van der Waals surface area contributed by atoms with Crippen molar-refractivity contribution in [2.45, 2.75) is 56.9 Å². The van der Waals surface area contributed by atoms with Gasteiger partial charge in [-0.3, -0.25) is 4.57 Å². The minimum absolute atomic E-state index is 0.352. The van der Waals surface area contributed by atoms with Gasteiger partial charge in [0.15, 0.2) is 5.82 Å². The molecule has 10 aromatic rings. The van der Waals surface area contributed by atoms with Crippen molar-refractivity contribution in [1.29, 1.82) is 0 Å². The molecule has 8 aromatic carbocycles. The van der Waals surface area contributed by atoms with Gasteiger partial charge in [-0.05, 0) is 105 Å². The minimum atomic E-state index is -0.352. The summed E-state index contributed by atoms with van der Waals surface area (Å²) >= 11 is 0. The highest BCUT2D eigenvalue weighted by atomic mass is 15.2. The second kappa shape index (κ2) is 13.0. The average Bonchev–Trinajstić information content (AvgIpc) is 3.89. The molecule has 13 rings (SSSR count). The molecule has 2 aromatic heterocycles. The molecule has 4 heteroatoms. The molecule has 2 unspecified atom stereocenters. The first kappa shape index (κ1) is 34.8. The summed E-state index contributed by atoms with van der Waals surface area (Å²) in [7, 11) is 0. The van der Waals surface area contributed by atoms with Gasteiger partial charge in [0.2, 0.25) is 0 Å². The molecule has 3 heterocycles. The first-order chi connectivity index (χ1) is 30.0. The van der Waals surface area contributed by atoms with Gasteiger partial charge in [0.05, 0.1) is 22.4 Å². The summed E-state index contributed by atoms with van der Waals surface area (Å²) in [6, 6.07) is 63.1. The Kier molecular flexibility index (Phi) is 7.40. The number of benzene rings is 8. The van der Waals surface area contributed by atoms with Crippen LogP contribution in [0.15, 0.2) is 170 Å². The lowest BCUT2D eigenvalue weighted by Gasteiger charge is -2.33. The fourth-order valence-electron chi connectivity index (χ4n) is 11.4. The second-order valence-electron chi connectivity index (χ2n) is 18.0. The molecule has 61 heavy (non-hydrogen) atoms. The van der Waals surface area contributed by atoms with Crippen molar-refractivity contribution in [2.75, 3.05) is 4.90 Å². The maximum Gasteiger partial charge on any atom is 0.165 e. The number of fused-ring (bicyclic) bond motifs is 11. The van der Waals surface area contributed by atoms with E-state index in [1.165, 1.54) is 96.3 Å².